The van der Waals surface area contributed by atoms with Crippen LogP contribution in [0.25, 0.3) is 0 Å². The number of aromatic nitrogens is 1. The summed E-state index contributed by atoms with van der Waals surface area (Å²) in [4.78, 5) is 15.9. The third-order valence-electron chi connectivity index (χ3n) is 6.64. The van der Waals surface area contributed by atoms with E-state index < -0.39 is 0 Å². The molecule has 1 aromatic rings. The van der Waals surface area contributed by atoms with Gasteiger partial charge in [0.1, 0.15) is 11.6 Å². The first kappa shape index (κ1) is 16.1. The Kier molecular flexibility index (Phi) is 3.77. The summed E-state index contributed by atoms with van der Waals surface area (Å²) < 4.78 is 0. The van der Waals surface area contributed by atoms with Crippen LogP contribution in [-0.2, 0) is 4.79 Å². The highest BCUT2D eigenvalue weighted by molar-refractivity contribution is 5.93. The summed E-state index contributed by atoms with van der Waals surface area (Å²) in [6.45, 7) is 9.01. The fourth-order valence-corrected chi connectivity index (χ4v) is 4.50. The fourth-order valence-electron chi connectivity index (χ4n) is 4.50. The number of nitrogens with zero attached hydrogens (tertiary/aromatic N) is 1. The van der Waals surface area contributed by atoms with Crippen LogP contribution < -0.4 is 16.4 Å². The molecule has 3 unspecified atom stereocenters. The van der Waals surface area contributed by atoms with Gasteiger partial charge < -0.3 is 16.4 Å². The van der Waals surface area contributed by atoms with Crippen molar-refractivity contribution in [3.8, 4) is 0 Å². The maximum atomic E-state index is 11.5. The van der Waals surface area contributed by atoms with Crippen LogP contribution in [0, 0.1) is 16.7 Å². The standard InChI is InChI=1S/C18H28N4O/c1-5-15(23)20-12-6-7-14(22-16(12)19)21-13-10-11-8-9-18(13,4)17(11,2)3/h6-7,11,13H,5,8-10H2,1-4H3,(H,20,23)(H3,19,21,22). The molecular weight excluding hydrogens is 288 g/mol. The minimum absolute atomic E-state index is 0.0541. The summed E-state index contributed by atoms with van der Waals surface area (Å²) in [6, 6.07) is 4.17. The van der Waals surface area contributed by atoms with Crippen molar-refractivity contribution in [1.29, 1.82) is 0 Å². The number of nitrogens with two attached hydrogens (primary N) is 1. The van der Waals surface area contributed by atoms with E-state index in [1.54, 1.807) is 0 Å². The molecule has 1 aromatic heterocycles. The number of carbonyl (C=O) groups is 1. The molecule has 2 saturated carbocycles. The molecule has 3 atom stereocenters. The van der Waals surface area contributed by atoms with Crippen LogP contribution in [0.3, 0.4) is 0 Å². The van der Waals surface area contributed by atoms with E-state index in [0.717, 1.165) is 11.7 Å². The normalized spacial score (nSPS) is 31.1. The fraction of sp³-hybridized carbons (Fsp3) is 0.667. The Bertz CT molecular complexity index is 627. The average Bonchev–Trinajstić information content (AvgIpc) is 2.83. The molecule has 2 aliphatic carbocycles. The first-order valence-corrected chi connectivity index (χ1v) is 8.61. The largest absolute Gasteiger partial charge is 0.382 e. The van der Waals surface area contributed by atoms with Gasteiger partial charge in [0.15, 0.2) is 0 Å². The molecule has 4 N–H and O–H groups in total. The summed E-state index contributed by atoms with van der Waals surface area (Å²) in [6.07, 6.45) is 4.22. The molecule has 0 spiro atoms. The van der Waals surface area contributed by atoms with E-state index >= 15 is 0 Å². The number of amides is 1. The van der Waals surface area contributed by atoms with Crippen molar-refractivity contribution in [3.63, 3.8) is 0 Å². The highest BCUT2D eigenvalue weighted by Crippen LogP contribution is 2.65. The lowest BCUT2D eigenvalue weighted by atomic mass is 9.69. The average molecular weight is 316 g/mol. The van der Waals surface area contributed by atoms with Crippen molar-refractivity contribution in [2.24, 2.45) is 16.7 Å². The Morgan fingerprint density at radius 1 is 1.39 bits per heavy atom. The predicted molar refractivity (Wildman–Crippen MR) is 94.2 cm³/mol. The van der Waals surface area contributed by atoms with Gasteiger partial charge in [0.2, 0.25) is 5.91 Å². The van der Waals surface area contributed by atoms with Crippen LogP contribution in [0.15, 0.2) is 12.1 Å². The Morgan fingerprint density at radius 3 is 2.65 bits per heavy atom. The molecule has 1 heterocycles. The van der Waals surface area contributed by atoms with E-state index in [4.69, 9.17) is 5.73 Å². The first-order valence-electron chi connectivity index (χ1n) is 8.61. The quantitative estimate of drug-likeness (QED) is 0.792. The Labute approximate surface area is 138 Å². The van der Waals surface area contributed by atoms with E-state index in [1.807, 2.05) is 19.1 Å². The lowest BCUT2D eigenvalue weighted by molar-refractivity contribution is -0.115. The maximum Gasteiger partial charge on any atom is 0.224 e. The van der Waals surface area contributed by atoms with Crippen LogP contribution >= 0.6 is 0 Å². The maximum absolute atomic E-state index is 11.5. The minimum Gasteiger partial charge on any atom is -0.382 e. The van der Waals surface area contributed by atoms with Gasteiger partial charge >= 0.3 is 0 Å². The van der Waals surface area contributed by atoms with Gasteiger partial charge in [0.05, 0.1) is 5.69 Å². The summed E-state index contributed by atoms with van der Waals surface area (Å²) >= 11 is 0. The summed E-state index contributed by atoms with van der Waals surface area (Å²) in [5.74, 6) is 1.89. The Hall–Kier alpha value is -1.78. The number of hydrogen-bond donors (Lipinski definition) is 3. The number of fused-ring (bicyclic) bond motifs is 2. The molecule has 0 radical (unpaired) electrons. The number of carbonyl (C=O) groups excluding carboxylic acids is 1. The zero-order valence-electron chi connectivity index (χ0n) is 14.6. The van der Waals surface area contributed by atoms with E-state index in [-0.39, 0.29) is 5.91 Å². The lowest BCUT2D eigenvalue weighted by Crippen LogP contribution is -2.40. The molecule has 1 amide bonds. The smallest absolute Gasteiger partial charge is 0.224 e. The first-order chi connectivity index (χ1) is 10.8. The summed E-state index contributed by atoms with van der Waals surface area (Å²) in [7, 11) is 0. The molecule has 0 saturated heterocycles. The predicted octanol–water partition coefficient (Wildman–Crippen LogP) is 3.64. The van der Waals surface area contributed by atoms with Crippen molar-refractivity contribution in [2.75, 3.05) is 16.4 Å². The number of anilines is 3. The molecule has 0 aromatic carbocycles. The zero-order valence-corrected chi connectivity index (χ0v) is 14.6. The summed E-state index contributed by atoms with van der Waals surface area (Å²) in [5.41, 5.74) is 7.24. The van der Waals surface area contributed by atoms with Crippen LogP contribution in [0.2, 0.25) is 0 Å². The number of hydrogen-bond acceptors (Lipinski definition) is 4. The SMILES string of the molecule is CCC(=O)Nc1ccc(NC2CC3CCC2(C)C3(C)C)nc1N. The van der Waals surface area contributed by atoms with Crippen molar-refractivity contribution < 1.29 is 4.79 Å². The Balaban J connectivity index is 1.75. The molecule has 2 aliphatic rings. The number of pyridine rings is 1. The molecule has 2 fully saturated rings. The van der Waals surface area contributed by atoms with Crippen molar-refractivity contribution in [2.45, 2.75) is 59.4 Å². The van der Waals surface area contributed by atoms with Crippen molar-refractivity contribution >= 4 is 23.2 Å². The zero-order chi connectivity index (χ0) is 16.8. The van der Waals surface area contributed by atoms with Gasteiger partial charge in [-0.15, -0.1) is 0 Å². The summed E-state index contributed by atoms with van der Waals surface area (Å²) in [5, 5.41) is 6.37. The third kappa shape index (κ3) is 2.46. The van der Waals surface area contributed by atoms with Crippen LogP contribution in [0.4, 0.5) is 17.3 Å². The third-order valence-corrected chi connectivity index (χ3v) is 6.64. The molecule has 5 heteroatoms. The monoisotopic (exact) mass is 316 g/mol. The molecule has 126 valence electrons. The second kappa shape index (κ2) is 5.39. The van der Waals surface area contributed by atoms with Gasteiger partial charge in [-0.1, -0.05) is 27.7 Å². The molecular formula is C18H28N4O. The molecule has 5 nitrogen and oxygen atoms in total. The topological polar surface area (TPSA) is 80.0 Å². The van der Waals surface area contributed by atoms with E-state index in [1.165, 1.54) is 19.3 Å². The van der Waals surface area contributed by atoms with Crippen molar-refractivity contribution in [1.82, 2.24) is 4.98 Å². The van der Waals surface area contributed by atoms with Crippen molar-refractivity contribution in [3.05, 3.63) is 12.1 Å². The van der Waals surface area contributed by atoms with Crippen LogP contribution in [-0.4, -0.2) is 16.9 Å². The van der Waals surface area contributed by atoms with Crippen LogP contribution in [0.1, 0.15) is 53.4 Å². The molecule has 23 heavy (non-hydrogen) atoms. The van der Waals surface area contributed by atoms with Gasteiger partial charge in [0, 0.05) is 12.5 Å². The number of nitrogens with one attached hydrogen (secondary N) is 2. The van der Waals surface area contributed by atoms with E-state index in [9.17, 15) is 4.79 Å². The van der Waals surface area contributed by atoms with Gasteiger partial charge in [0.25, 0.3) is 0 Å². The van der Waals surface area contributed by atoms with E-state index in [0.29, 0.717) is 34.8 Å². The second-order valence-electron chi connectivity index (χ2n) is 7.84. The van der Waals surface area contributed by atoms with Gasteiger partial charge in [-0.25, -0.2) is 4.98 Å². The number of nitrogen functional groups attached to an aromatic ring is 1. The van der Waals surface area contributed by atoms with Gasteiger partial charge in [-0.05, 0) is 48.1 Å². The highest BCUT2D eigenvalue weighted by Gasteiger charge is 2.61. The highest BCUT2D eigenvalue weighted by atomic mass is 16.1. The lowest BCUT2D eigenvalue weighted by Gasteiger charge is -2.39. The number of rotatable bonds is 4. The Morgan fingerprint density at radius 2 is 2.13 bits per heavy atom. The minimum atomic E-state index is -0.0541. The van der Waals surface area contributed by atoms with Gasteiger partial charge in [-0.3, -0.25) is 4.79 Å². The molecule has 0 aliphatic heterocycles. The van der Waals surface area contributed by atoms with E-state index in [2.05, 4.69) is 36.4 Å². The van der Waals surface area contributed by atoms with Crippen LogP contribution in [0.5, 0.6) is 0 Å². The van der Waals surface area contributed by atoms with Gasteiger partial charge in [-0.2, -0.15) is 0 Å². The second-order valence-corrected chi connectivity index (χ2v) is 7.84. The molecule has 2 bridgehead atoms. The molecule has 3 rings (SSSR count).